The smallest absolute Gasteiger partial charge is 0.338 e. The van der Waals surface area contributed by atoms with Gasteiger partial charge in [-0.25, -0.2) is 15.2 Å². The number of carbonyl (C=O) groups is 2. The number of morpholine rings is 1. The van der Waals surface area contributed by atoms with Crippen LogP contribution in [0.15, 0.2) is 72.9 Å². The number of carbonyl (C=O) groups excluding carboxylic acids is 2. The maximum Gasteiger partial charge on any atom is 0.338 e. The molecule has 2 N–H and O–H groups in total. The molecule has 2 saturated heterocycles. The van der Waals surface area contributed by atoms with Crippen molar-refractivity contribution >= 4 is 46.0 Å². The first kappa shape index (κ1) is 33.2. The summed E-state index contributed by atoms with van der Waals surface area (Å²) in [5.74, 6) is 2.52. The zero-order valence-corrected chi connectivity index (χ0v) is 28.1. The lowest BCUT2D eigenvalue weighted by Crippen LogP contribution is -2.46. The van der Waals surface area contributed by atoms with Crippen LogP contribution < -0.4 is 29.9 Å². The zero-order valence-electron chi connectivity index (χ0n) is 27.3. The van der Waals surface area contributed by atoms with Crippen LogP contribution in [0.1, 0.15) is 17.4 Å². The van der Waals surface area contributed by atoms with E-state index in [4.69, 9.17) is 18.9 Å². The number of nitrogens with one attached hydrogen (secondary N) is 2. The predicted molar refractivity (Wildman–Crippen MR) is 187 cm³/mol. The van der Waals surface area contributed by atoms with Gasteiger partial charge in [-0.1, -0.05) is 12.1 Å². The van der Waals surface area contributed by atoms with E-state index in [1.807, 2.05) is 55.4 Å². The highest BCUT2D eigenvalue weighted by molar-refractivity contribution is 8.00. The first-order valence-corrected chi connectivity index (χ1v) is 16.9. The number of ether oxygens (including phenoxy) is 4. The van der Waals surface area contributed by atoms with Gasteiger partial charge >= 0.3 is 6.03 Å². The van der Waals surface area contributed by atoms with E-state index in [1.165, 1.54) is 16.8 Å². The molecule has 1 atom stereocenters. The van der Waals surface area contributed by atoms with Gasteiger partial charge in [-0.05, 0) is 60.5 Å². The maximum atomic E-state index is 12.9. The largest absolute Gasteiger partial charge is 0.493 e. The minimum atomic E-state index is -0.513. The number of pyridine rings is 1. The number of urea groups is 1. The van der Waals surface area contributed by atoms with Crippen molar-refractivity contribution in [2.75, 3.05) is 76.6 Å². The number of anilines is 2. The Kier molecular flexibility index (Phi) is 10.7. The Labute approximate surface area is 284 Å². The number of rotatable bonds is 12. The Morgan fingerprint density at radius 1 is 1.02 bits per heavy atom. The molecule has 3 aromatic carbocycles. The predicted octanol–water partition coefficient (Wildman–Crippen LogP) is 5.51. The lowest BCUT2D eigenvalue weighted by molar-refractivity contribution is -0.130. The SMILES string of the molecule is COc1cc2c(Oc3ccc(NC(=O)NN4C(=O)CSC4c4ccc(N(C)C)cc4)cc3)ccnc2cc1OCCCN1CCOCC1. The van der Waals surface area contributed by atoms with Crippen molar-refractivity contribution in [2.24, 2.45) is 0 Å². The maximum absolute atomic E-state index is 12.9. The second-order valence-corrected chi connectivity index (χ2v) is 12.7. The van der Waals surface area contributed by atoms with Crippen LogP contribution in [-0.2, 0) is 9.53 Å². The summed E-state index contributed by atoms with van der Waals surface area (Å²) in [5, 5.41) is 4.65. The van der Waals surface area contributed by atoms with Crippen molar-refractivity contribution < 1.29 is 28.5 Å². The number of fused-ring (bicyclic) bond motifs is 1. The van der Waals surface area contributed by atoms with E-state index in [2.05, 4.69) is 20.6 Å². The number of amides is 3. The zero-order chi connectivity index (χ0) is 33.5. The molecule has 0 aliphatic carbocycles. The highest BCUT2D eigenvalue weighted by atomic mass is 32.2. The van der Waals surface area contributed by atoms with Gasteiger partial charge in [0.1, 0.15) is 16.9 Å². The van der Waals surface area contributed by atoms with Crippen molar-refractivity contribution in [3.63, 3.8) is 0 Å². The van der Waals surface area contributed by atoms with Crippen LogP contribution in [0.4, 0.5) is 16.2 Å². The Bertz CT molecular complexity index is 1720. The van der Waals surface area contributed by atoms with Gasteiger partial charge in [0.15, 0.2) is 11.5 Å². The number of aromatic nitrogens is 1. The topological polar surface area (TPSA) is 118 Å². The lowest BCUT2D eigenvalue weighted by Gasteiger charge is -2.26. The molecule has 252 valence electrons. The highest BCUT2D eigenvalue weighted by Gasteiger charge is 2.34. The number of hydrogen-bond acceptors (Lipinski definition) is 10. The average Bonchev–Trinajstić information content (AvgIpc) is 3.46. The van der Waals surface area contributed by atoms with Crippen molar-refractivity contribution in [2.45, 2.75) is 11.8 Å². The summed E-state index contributed by atoms with van der Waals surface area (Å²) in [6.07, 6.45) is 2.58. The van der Waals surface area contributed by atoms with Crippen LogP contribution in [0, 0.1) is 0 Å². The van der Waals surface area contributed by atoms with E-state index in [-0.39, 0.29) is 17.0 Å². The third kappa shape index (κ3) is 8.04. The third-order valence-electron chi connectivity index (χ3n) is 8.09. The van der Waals surface area contributed by atoms with E-state index in [0.717, 1.165) is 55.9 Å². The summed E-state index contributed by atoms with van der Waals surface area (Å²) in [7, 11) is 5.56. The fraction of sp³-hybridized carbons (Fsp3) is 0.343. The van der Waals surface area contributed by atoms with Gasteiger partial charge in [-0.2, -0.15) is 0 Å². The van der Waals surface area contributed by atoms with Gasteiger partial charge in [0.25, 0.3) is 5.91 Å². The molecule has 2 fully saturated rings. The number of methoxy groups -OCH3 is 1. The molecule has 4 aromatic rings. The Balaban J connectivity index is 1.06. The van der Waals surface area contributed by atoms with E-state index in [0.29, 0.717) is 40.8 Å². The molecule has 6 rings (SSSR count). The Morgan fingerprint density at radius 3 is 2.52 bits per heavy atom. The first-order valence-electron chi connectivity index (χ1n) is 15.8. The average molecular weight is 673 g/mol. The molecule has 48 heavy (non-hydrogen) atoms. The van der Waals surface area contributed by atoms with Crippen LogP contribution in [0.25, 0.3) is 10.9 Å². The summed E-state index contributed by atoms with van der Waals surface area (Å²) in [5.41, 5.74) is 5.97. The van der Waals surface area contributed by atoms with E-state index in [1.54, 1.807) is 43.6 Å². The molecule has 0 saturated carbocycles. The van der Waals surface area contributed by atoms with Crippen LogP contribution in [0.3, 0.4) is 0 Å². The second-order valence-electron chi connectivity index (χ2n) is 11.6. The molecule has 0 bridgehead atoms. The molecule has 0 radical (unpaired) electrons. The number of benzene rings is 3. The summed E-state index contributed by atoms with van der Waals surface area (Å²) in [6.45, 7) is 4.99. The summed E-state index contributed by atoms with van der Waals surface area (Å²) in [4.78, 5) is 34.4. The molecule has 1 unspecified atom stereocenters. The van der Waals surface area contributed by atoms with Gasteiger partial charge in [0, 0.05) is 62.8 Å². The molecule has 12 nitrogen and oxygen atoms in total. The van der Waals surface area contributed by atoms with Crippen molar-refractivity contribution in [1.82, 2.24) is 20.3 Å². The monoisotopic (exact) mass is 672 g/mol. The molecule has 13 heteroatoms. The highest BCUT2D eigenvalue weighted by Crippen LogP contribution is 2.39. The van der Waals surface area contributed by atoms with Crippen LogP contribution in [0.2, 0.25) is 0 Å². The molecule has 1 aromatic heterocycles. The quantitative estimate of drug-likeness (QED) is 0.187. The standard InChI is InChI=1S/C35H40N6O6S/c1-39(2)26-9-5-24(6-10-26)34-41(33(42)23-48-34)38-35(43)37-25-7-11-27(12-8-25)47-30-13-14-36-29-22-32(31(44-3)21-28(29)30)46-18-4-15-40-16-19-45-20-17-40/h5-14,21-22,34H,4,15-20,23H2,1-3H3,(H2,37,38,43). The fourth-order valence-corrected chi connectivity index (χ4v) is 6.62. The van der Waals surface area contributed by atoms with Crippen LogP contribution in [-0.4, -0.2) is 93.2 Å². The van der Waals surface area contributed by atoms with Crippen LogP contribution in [0.5, 0.6) is 23.0 Å². The van der Waals surface area contributed by atoms with Crippen molar-refractivity contribution in [3.05, 3.63) is 78.5 Å². The molecule has 3 amide bonds. The fourth-order valence-electron chi connectivity index (χ4n) is 5.51. The number of nitrogens with zero attached hydrogens (tertiary/aromatic N) is 4. The summed E-state index contributed by atoms with van der Waals surface area (Å²) >= 11 is 1.47. The molecular weight excluding hydrogens is 632 g/mol. The number of thioether (sulfide) groups is 1. The van der Waals surface area contributed by atoms with Gasteiger partial charge in [0.05, 0.1) is 38.2 Å². The summed E-state index contributed by atoms with van der Waals surface area (Å²) < 4.78 is 23.4. The van der Waals surface area contributed by atoms with Gasteiger partial charge in [-0.3, -0.25) is 14.7 Å². The first-order chi connectivity index (χ1) is 23.4. The van der Waals surface area contributed by atoms with Gasteiger partial charge in [0.2, 0.25) is 0 Å². The van der Waals surface area contributed by atoms with Crippen LogP contribution >= 0.6 is 11.8 Å². The van der Waals surface area contributed by atoms with E-state index < -0.39 is 6.03 Å². The lowest BCUT2D eigenvalue weighted by atomic mass is 10.1. The minimum absolute atomic E-state index is 0.163. The molecular formula is C35H40N6O6S. The molecule has 3 heterocycles. The van der Waals surface area contributed by atoms with Gasteiger partial charge < -0.3 is 29.2 Å². The Morgan fingerprint density at radius 2 is 1.79 bits per heavy atom. The molecule has 0 spiro atoms. The van der Waals surface area contributed by atoms with Crippen molar-refractivity contribution in [3.8, 4) is 23.0 Å². The minimum Gasteiger partial charge on any atom is -0.493 e. The molecule has 2 aliphatic rings. The number of hydrogen-bond donors (Lipinski definition) is 2. The Hall–Kier alpha value is -4.72. The second kappa shape index (κ2) is 15.5. The number of hydrazine groups is 1. The van der Waals surface area contributed by atoms with E-state index >= 15 is 0 Å². The van der Waals surface area contributed by atoms with Crippen molar-refractivity contribution in [1.29, 1.82) is 0 Å². The summed E-state index contributed by atoms with van der Waals surface area (Å²) in [6, 6.07) is 19.9. The normalized spacial score (nSPS) is 16.5. The van der Waals surface area contributed by atoms with E-state index in [9.17, 15) is 9.59 Å². The third-order valence-corrected chi connectivity index (χ3v) is 9.30. The molecule has 2 aliphatic heterocycles. The van der Waals surface area contributed by atoms with Gasteiger partial charge in [-0.15, -0.1) is 11.8 Å².